The number of halogens is 1. The Morgan fingerprint density at radius 3 is 2.52 bits per heavy atom. The number of fused-ring (bicyclic) bond motifs is 1. The van der Waals surface area contributed by atoms with Crippen molar-refractivity contribution in [3.8, 4) is 17.1 Å². The zero-order valence-electron chi connectivity index (χ0n) is 25.9. The highest BCUT2D eigenvalue weighted by molar-refractivity contribution is 6.30. The average Bonchev–Trinajstić information content (AvgIpc) is 3.65. The molecule has 0 unspecified atom stereocenters. The van der Waals surface area contributed by atoms with E-state index in [2.05, 4.69) is 20.2 Å². The van der Waals surface area contributed by atoms with Gasteiger partial charge >= 0.3 is 5.97 Å². The van der Waals surface area contributed by atoms with Gasteiger partial charge in [-0.05, 0) is 93.0 Å². The number of hydrogen-bond donors (Lipinski definition) is 3. The fraction of sp³-hybridized carbons (Fsp3) is 0.333. The molecule has 2 aliphatic carbocycles. The fourth-order valence-electron chi connectivity index (χ4n) is 6.73. The number of nitrogens with one attached hydrogen (secondary N) is 2. The van der Waals surface area contributed by atoms with E-state index in [-0.39, 0.29) is 11.8 Å². The smallest absolute Gasteiger partial charge is 0.328 e. The second-order valence-corrected chi connectivity index (χ2v) is 12.5. The van der Waals surface area contributed by atoms with E-state index in [1.54, 1.807) is 24.4 Å². The molecule has 2 amide bonds. The summed E-state index contributed by atoms with van der Waals surface area (Å²) in [4.78, 5) is 43.0. The van der Waals surface area contributed by atoms with E-state index in [0.29, 0.717) is 53.0 Å². The van der Waals surface area contributed by atoms with Crippen molar-refractivity contribution >= 4 is 52.1 Å². The molecule has 0 spiro atoms. The van der Waals surface area contributed by atoms with Gasteiger partial charge in [0.1, 0.15) is 11.3 Å². The van der Waals surface area contributed by atoms with E-state index in [1.807, 2.05) is 44.3 Å². The standard InChI is InChI=1S/C36H37ClN4O5/c1-3-46-30-20-26(13-9-22(30)11-16-31(42)43)39-35(45)36(17-6-18-36)40-34(44)24-10-14-27-29(19-24)41(2)33(28-15-12-25(37)21-38-28)32(27)23-7-4-5-8-23/h9-16,19-21,23H,3-8,17-18H2,1-2H3,(H,39,45)(H,40,44)(H,42,43)/b16-11+. The number of aromatic nitrogens is 2. The minimum atomic E-state index is -1.07. The summed E-state index contributed by atoms with van der Waals surface area (Å²) in [6.07, 6.45) is 10.6. The van der Waals surface area contributed by atoms with Gasteiger partial charge in [0.05, 0.1) is 23.0 Å². The zero-order valence-corrected chi connectivity index (χ0v) is 26.7. The van der Waals surface area contributed by atoms with Crippen LogP contribution >= 0.6 is 11.6 Å². The highest BCUT2D eigenvalue weighted by atomic mass is 35.5. The van der Waals surface area contributed by atoms with Crippen molar-refractivity contribution in [1.29, 1.82) is 0 Å². The van der Waals surface area contributed by atoms with Gasteiger partial charge < -0.3 is 25.0 Å². The van der Waals surface area contributed by atoms with Gasteiger partial charge in [0, 0.05) is 53.1 Å². The third kappa shape index (κ3) is 6.11. The first-order valence-electron chi connectivity index (χ1n) is 15.7. The van der Waals surface area contributed by atoms with Crippen LogP contribution in [0.1, 0.15) is 79.3 Å². The Morgan fingerprint density at radius 1 is 1.09 bits per heavy atom. The van der Waals surface area contributed by atoms with Crippen LogP contribution in [0.2, 0.25) is 5.02 Å². The van der Waals surface area contributed by atoms with Gasteiger partial charge in [-0.2, -0.15) is 0 Å². The van der Waals surface area contributed by atoms with Crippen LogP contribution in [-0.4, -0.2) is 44.6 Å². The van der Waals surface area contributed by atoms with Gasteiger partial charge in [0.25, 0.3) is 5.91 Å². The minimum absolute atomic E-state index is 0.303. The first-order chi connectivity index (χ1) is 22.2. The van der Waals surface area contributed by atoms with Crippen molar-refractivity contribution in [1.82, 2.24) is 14.9 Å². The van der Waals surface area contributed by atoms with Gasteiger partial charge in [-0.15, -0.1) is 0 Å². The fourth-order valence-corrected chi connectivity index (χ4v) is 6.84. The van der Waals surface area contributed by atoms with Gasteiger partial charge in [-0.25, -0.2) is 4.79 Å². The molecule has 0 bridgehead atoms. The minimum Gasteiger partial charge on any atom is -0.493 e. The molecule has 0 aliphatic heterocycles. The number of aryl methyl sites for hydroxylation is 1. The third-order valence-electron chi connectivity index (χ3n) is 9.21. The summed E-state index contributed by atoms with van der Waals surface area (Å²) in [5.74, 6) is -0.811. The Balaban J connectivity index is 1.26. The number of amides is 2. The van der Waals surface area contributed by atoms with Crippen molar-refractivity contribution in [2.45, 2.75) is 63.3 Å². The summed E-state index contributed by atoms with van der Waals surface area (Å²) in [5, 5.41) is 16.7. The van der Waals surface area contributed by atoms with Gasteiger partial charge in [0.2, 0.25) is 5.91 Å². The lowest BCUT2D eigenvalue weighted by Gasteiger charge is -2.40. The van der Waals surface area contributed by atoms with Crippen molar-refractivity contribution < 1.29 is 24.2 Å². The molecule has 238 valence electrons. The Hall–Kier alpha value is -4.63. The van der Waals surface area contributed by atoms with Crippen LogP contribution in [0.25, 0.3) is 28.4 Å². The van der Waals surface area contributed by atoms with Crippen molar-refractivity contribution in [3.05, 3.63) is 82.5 Å². The van der Waals surface area contributed by atoms with Crippen LogP contribution in [0.5, 0.6) is 5.75 Å². The SMILES string of the molecule is CCOc1cc(NC(=O)C2(NC(=O)c3ccc4c(C5CCCC5)c(-c5ccc(Cl)cn5)n(C)c4c3)CCC2)ccc1/C=C/C(=O)O. The number of hydrogen-bond acceptors (Lipinski definition) is 5. The number of pyridine rings is 1. The molecule has 0 atom stereocenters. The van der Waals surface area contributed by atoms with Gasteiger partial charge in [-0.1, -0.05) is 30.5 Å². The lowest BCUT2D eigenvalue weighted by molar-refractivity contribution is -0.131. The first kappa shape index (κ1) is 31.4. The molecule has 0 radical (unpaired) electrons. The molecule has 2 saturated carbocycles. The summed E-state index contributed by atoms with van der Waals surface area (Å²) in [6, 6.07) is 14.6. The van der Waals surface area contributed by atoms with Crippen LogP contribution in [0.3, 0.4) is 0 Å². The molecule has 2 heterocycles. The number of benzene rings is 2. The molecule has 0 saturated heterocycles. The number of aliphatic carboxylic acids is 1. The largest absolute Gasteiger partial charge is 0.493 e. The molecule has 4 aromatic rings. The number of carbonyl (C=O) groups is 3. The summed E-state index contributed by atoms with van der Waals surface area (Å²) in [6.45, 7) is 2.20. The van der Waals surface area contributed by atoms with Crippen LogP contribution in [-0.2, 0) is 16.6 Å². The summed E-state index contributed by atoms with van der Waals surface area (Å²) >= 11 is 6.16. The second kappa shape index (κ2) is 13.0. The van der Waals surface area contributed by atoms with Crippen LogP contribution in [0, 0.1) is 0 Å². The normalized spacial score (nSPS) is 16.0. The molecule has 2 aromatic carbocycles. The quantitative estimate of drug-likeness (QED) is 0.156. The Morgan fingerprint density at radius 2 is 1.87 bits per heavy atom. The molecule has 3 N–H and O–H groups in total. The maximum atomic E-state index is 13.7. The second-order valence-electron chi connectivity index (χ2n) is 12.1. The van der Waals surface area contributed by atoms with Crippen molar-refractivity contribution in [2.75, 3.05) is 11.9 Å². The number of carboxylic acids is 1. The van der Waals surface area contributed by atoms with E-state index in [1.165, 1.54) is 24.5 Å². The monoisotopic (exact) mass is 640 g/mol. The topological polar surface area (TPSA) is 123 Å². The lowest BCUT2D eigenvalue weighted by Crippen LogP contribution is -2.61. The van der Waals surface area contributed by atoms with Crippen molar-refractivity contribution in [3.63, 3.8) is 0 Å². The first-order valence-corrected chi connectivity index (χ1v) is 16.1. The van der Waals surface area contributed by atoms with E-state index in [9.17, 15) is 14.4 Å². The van der Waals surface area contributed by atoms with E-state index in [4.69, 9.17) is 21.4 Å². The number of anilines is 1. The van der Waals surface area contributed by atoms with E-state index in [0.717, 1.165) is 47.6 Å². The highest BCUT2D eigenvalue weighted by Crippen LogP contribution is 2.44. The third-order valence-corrected chi connectivity index (χ3v) is 9.43. The molecule has 9 nitrogen and oxygen atoms in total. The van der Waals surface area contributed by atoms with Crippen molar-refractivity contribution in [2.24, 2.45) is 7.05 Å². The zero-order chi connectivity index (χ0) is 32.4. The molecule has 10 heteroatoms. The molecule has 2 fully saturated rings. The lowest BCUT2D eigenvalue weighted by atomic mass is 9.75. The van der Waals surface area contributed by atoms with Crippen LogP contribution in [0.15, 0.2) is 60.8 Å². The van der Waals surface area contributed by atoms with Gasteiger partial charge in [0.15, 0.2) is 0 Å². The Labute approximate surface area is 272 Å². The predicted octanol–water partition coefficient (Wildman–Crippen LogP) is 7.34. The summed E-state index contributed by atoms with van der Waals surface area (Å²) < 4.78 is 7.80. The van der Waals surface area contributed by atoms with Crippen LogP contribution < -0.4 is 15.4 Å². The molecular weight excluding hydrogens is 604 g/mol. The molecule has 46 heavy (non-hydrogen) atoms. The maximum absolute atomic E-state index is 13.7. The highest BCUT2D eigenvalue weighted by Gasteiger charge is 2.45. The average molecular weight is 641 g/mol. The number of carboxylic acid groups (broad SMARTS) is 1. The summed E-state index contributed by atoms with van der Waals surface area (Å²) in [7, 11) is 2.01. The van der Waals surface area contributed by atoms with Gasteiger partial charge in [-0.3, -0.25) is 14.6 Å². The number of nitrogens with zero attached hydrogens (tertiary/aromatic N) is 2. The molecule has 2 aliphatic rings. The number of carbonyl (C=O) groups excluding carboxylic acids is 2. The van der Waals surface area contributed by atoms with E-state index < -0.39 is 11.5 Å². The molecule has 6 rings (SSSR count). The number of ether oxygens (including phenoxy) is 1. The predicted molar refractivity (Wildman–Crippen MR) is 179 cm³/mol. The van der Waals surface area contributed by atoms with E-state index >= 15 is 0 Å². The molecule has 2 aromatic heterocycles. The van der Waals surface area contributed by atoms with Crippen LogP contribution in [0.4, 0.5) is 5.69 Å². The Bertz CT molecular complexity index is 1840. The maximum Gasteiger partial charge on any atom is 0.328 e. The molecular formula is C36H37ClN4O5. The number of rotatable bonds is 10. The summed E-state index contributed by atoms with van der Waals surface area (Å²) in [5.41, 5.74) is 4.61. The Kier molecular flexibility index (Phi) is 8.86.